The number of amides is 1. The Morgan fingerprint density at radius 1 is 1.30 bits per heavy atom. The van der Waals surface area contributed by atoms with E-state index in [-0.39, 0.29) is 18.3 Å². The number of rotatable bonds is 5. The van der Waals surface area contributed by atoms with Crippen LogP contribution in [0.4, 0.5) is 0 Å². The summed E-state index contributed by atoms with van der Waals surface area (Å²) >= 11 is 5.91. The first-order chi connectivity index (χ1) is 11.0. The maximum absolute atomic E-state index is 11.8. The summed E-state index contributed by atoms with van der Waals surface area (Å²) in [6.07, 6.45) is 2.77. The molecule has 1 atom stereocenters. The zero-order chi connectivity index (χ0) is 16.8. The molecule has 7 heteroatoms. The summed E-state index contributed by atoms with van der Waals surface area (Å²) in [4.78, 5) is 31.4. The van der Waals surface area contributed by atoms with Crippen molar-refractivity contribution in [3.8, 4) is 0 Å². The monoisotopic (exact) mass is 333 g/mol. The van der Waals surface area contributed by atoms with Crippen LogP contribution in [0.2, 0.25) is 5.02 Å². The van der Waals surface area contributed by atoms with Gasteiger partial charge in [0, 0.05) is 11.2 Å². The summed E-state index contributed by atoms with van der Waals surface area (Å²) in [6, 6.07) is 6.92. The predicted octanol–water partition coefficient (Wildman–Crippen LogP) is 2.47. The van der Waals surface area contributed by atoms with Crippen LogP contribution in [0, 0.1) is 6.92 Å². The van der Waals surface area contributed by atoms with Crippen molar-refractivity contribution in [2.24, 2.45) is 0 Å². The van der Waals surface area contributed by atoms with Gasteiger partial charge < -0.3 is 10.1 Å². The number of carbonyl (C=O) groups excluding carboxylic acids is 2. The molecule has 0 spiro atoms. The highest BCUT2D eigenvalue weighted by molar-refractivity contribution is 6.30. The number of nitrogens with zero attached hydrogens (tertiary/aromatic N) is 2. The average Bonchev–Trinajstić information content (AvgIpc) is 2.53. The average molecular weight is 334 g/mol. The van der Waals surface area contributed by atoms with Crippen LogP contribution in [0.1, 0.15) is 34.7 Å². The summed E-state index contributed by atoms with van der Waals surface area (Å²) in [5.74, 6) is -1.10. The number of carbonyl (C=O) groups is 2. The minimum absolute atomic E-state index is 0.0614. The van der Waals surface area contributed by atoms with Crippen LogP contribution in [0.3, 0.4) is 0 Å². The Balaban J connectivity index is 1.85. The predicted molar refractivity (Wildman–Crippen MR) is 85.1 cm³/mol. The van der Waals surface area contributed by atoms with E-state index in [2.05, 4.69) is 15.3 Å². The van der Waals surface area contributed by atoms with Gasteiger partial charge in [-0.1, -0.05) is 23.7 Å². The lowest BCUT2D eigenvalue weighted by atomic mass is 10.1. The number of aromatic nitrogens is 2. The van der Waals surface area contributed by atoms with Crippen LogP contribution in [0.25, 0.3) is 0 Å². The molecule has 120 valence electrons. The van der Waals surface area contributed by atoms with Gasteiger partial charge in [0.1, 0.15) is 0 Å². The Hall–Kier alpha value is -2.47. The molecule has 0 bridgehead atoms. The van der Waals surface area contributed by atoms with Crippen LogP contribution >= 0.6 is 11.6 Å². The van der Waals surface area contributed by atoms with E-state index in [1.54, 1.807) is 25.1 Å². The highest BCUT2D eigenvalue weighted by Gasteiger charge is 2.14. The molecule has 1 aromatic carbocycles. The van der Waals surface area contributed by atoms with Crippen molar-refractivity contribution in [1.82, 2.24) is 15.3 Å². The van der Waals surface area contributed by atoms with Gasteiger partial charge in [0.05, 0.1) is 17.9 Å². The third-order valence-corrected chi connectivity index (χ3v) is 3.29. The summed E-state index contributed by atoms with van der Waals surface area (Å²) < 4.78 is 4.91. The van der Waals surface area contributed by atoms with E-state index >= 15 is 0 Å². The van der Waals surface area contributed by atoms with Gasteiger partial charge in [-0.2, -0.15) is 0 Å². The number of ether oxygens (including phenoxy) is 1. The minimum atomic E-state index is -0.692. The topological polar surface area (TPSA) is 81.2 Å². The molecule has 6 nitrogen and oxygen atoms in total. The van der Waals surface area contributed by atoms with Crippen LogP contribution in [-0.4, -0.2) is 28.5 Å². The van der Waals surface area contributed by atoms with Crippen molar-refractivity contribution in [3.63, 3.8) is 0 Å². The molecule has 2 rings (SSSR count). The van der Waals surface area contributed by atoms with Gasteiger partial charge in [-0.05, 0) is 31.5 Å². The van der Waals surface area contributed by atoms with E-state index < -0.39 is 11.9 Å². The second kappa shape index (κ2) is 7.69. The molecule has 0 unspecified atom stereocenters. The van der Waals surface area contributed by atoms with E-state index in [4.69, 9.17) is 16.3 Å². The molecule has 2 aromatic rings. The Labute approximate surface area is 138 Å². The first-order valence-electron chi connectivity index (χ1n) is 6.96. The van der Waals surface area contributed by atoms with Gasteiger partial charge in [-0.15, -0.1) is 0 Å². The van der Waals surface area contributed by atoms with Gasteiger partial charge in [-0.3, -0.25) is 9.78 Å². The van der Waals surface area contributed by atoms with E-state index in [0.29, 0.717) is 10.7 Å². The quantitative estimate of drug-likeness (QED) is 0.850. The molecular weight excluding hydrogens is 318 g/mol. The van der Waals surface area contributed by atoms with Crippen molar-refractivity contribution in [2.75, 3.05) is 6.61 Å². The van der Waals surface area contributed by atoms with Crippen molar-refractivity contribution < 1.29 is 14.3 Å². The van der Waals surface area contributed by atoms with Crippen LogP contribution < -0.4 is 5.32 Å². The van der Waals surface area contributed by atoms with E-state index in [1.165, 1.54) is 12.4 Å². The third-order valence-electron chi connectivity index (χ3n) is 3.05. The fraction of sp³-hybridized carbons (Fsp3) is 0.250. The number of esters is 1. The molecule has 1 N–H and O–H groups in total. The SMILES string of the molecule is Cc1cnc(C(=O)OCC(=O)N[C@@H](C)c2cccc(Cl)c2)cn1. The summed E-state index contributed by atoms with van der Waals surface area (Å²) in [6.45, 7) is 3.18. The molecule has 0 fully saturated rings. The normalized spacial score (nSPS) is 11.6. The molecule has 1 aromatic heterocycles. The molecular formula is C16H16ClN3O3. The second-order valence-electron chi connectivity index (χ2n) is 4.96. The van der Waals surface area contributed by atoms with Gasteiger partial charge >= 0.3 is 5.97 Å². The van der Waals surface area contributed by atoms with Crippen LogP contribution in [-0.2, 0) is 9.53 Å². The first kappa shape index (κ1) is 16.9. The van der Waals surface area contributed by atoms with E-state index in [1.807, 2.05) is 13.0 Å². The number of benzene rings is 1. The van der Waals surface area contributed by atoms with E-state index in [0.717, 1.165) is 5.56 Å². The lowest BCUT2D eigenvalue weighted by Crippen LogP contribution is -2.31. The Bertz CT molecular complexity index is 704. The maximum atomic E-state index is 11.8. The number of hydrogen-bond acceptors (Lipinski definition) is 5. The molecule has 0 aliphatic heterocycles. The first-order valence-corrected chi connectivity index (χ1v) is 7.34. The lowest BCUT2D eigenvalue weighted by Gasteiger charge is -2.14. The standard InChI is InChI=1S/C16H16ClN3O3/c1-10-7-19-14(8-18-10)16(22)23-9-15(21)20-11(2)12-4-3-5-13(17)6-12/h3-8,11H,9H2,1-2H3,(H,20,21)/t11-/m0/s1. The highest BCUT2D eigenvalue weighted by Crippen LogP contribution is 2.17. The summed E-state index contributed by atoms with van der Waals surface area (Å²) in [7, 11) is 0. The maximum Gasteiger partial charge on any atom is 0.359 e. The molecule has 1 amide bonds. The van der Waals surface area contributed by atoms with Crippen molar-refractivity contribution >= 4 is 23.5 Å². The van der Waals surface area contributed by atoms with Gasteiger partial charge in [-0.25, -0.2) is 9.78 Å². The number of hydrogen-bond donors (Lipinski definition) is 1. The fourth-order valence-corrected chi connectivity index (χ4v) is 2.04. The highest BCUT2D eigenvalue weighted by atomic mass is 35.5. The fourth-order valence-electron chi connectivity index (χ4n) is 1.85. The summed E-state index contributed by atoms with van der Waals surface area (Å²) in [5, 5.41) is 3.32. The molecule has 1 heterocycles. The molecule has 0 saturated heterocycles. The van der Waals surface area contributed by atoms with Gasteiger partial charge in [0.15, 0.2) is 12.3 Å². The largest absolute Gasteiger partial charge is 0.451 e. The van der Waals surface area contributed by atoms with Crippen molar-refractivity contribution in [2.45, 2.75) is 19.9 Å². The smallest absolute Gasteiger partial charge is 0.359 e. The van der Waals surface area contributed by atoms with E-state index in [9.17, 15) is 9.59 Å². The molecule has 0 aliphatic carbocycles. The Morgan fingerprint density at radius 3 is 2.74 bits per heavy atom. The van der Waals surface area contributed by atoms with Crippen molar-refractivity contribution in [1.29, 1.82) is 0 Å². The number of nitrogens with one attached hydrogen (secondary N) is 1. The Kier molecular flexibility index (Phi) is 5.65. The zero-order valence-corrected chi connectivity index (χ0v) is 13.5. The Morgan fingerprint density at radius 2 is 2.09 bits per heavy atom. The molecule has 0 aliphatic rings. The molecule has 23 heavy (non-hydrogen) atoms. The lowest BCUT2D eigenvalue weighted by molar-refractivity contribution is -0.124. The van der Waals surface area contributed by atoms with Crippen LogP contribution in [0.15, 0.2) is 36.7 Å². The van der Waals surface area contributed by atoms with Gasteiger partial charge in [0.2, 0.25) is 0 Å². The minimum Gasteiger partial charge on any atom is -0.451 e. The van der Waals surface area contributed by atoms with Crippen molar-refractivity contribution in [3.05, 3.63) is 58.6 Å². The number of halogens is 1. The van der Waals surface area contributed by atoms with Gasteiger partial charge in [0.25, 0.3) is 5.91 Å². The third kappa shape index (κ3) is 5.03. The summed E-state index contributed by atoms with van der Waals surface area (Å²) in [5.41, 5.74) is 1.61. The second-order valence-corrected chi connectivity index (χ2v) is 5.40. The van der Waals surface area contributed by atoms with Crippen LogP contribution in [0.5, 0.6) is 0 Å². The number of aryl methyl sites for hydroxylation is 1. The molecule has 0 saturated carbocycles. The molecule has 0 radical (unpaired) electrons. The zero-order valence-electron chi connectivity index (χ0n) is 12.7.